The van der Waals surface area contributed by atoms with E-state index in [0.717, 1.165) is 12.8 Å². The standard InChI is InChI=1S/C13H14N2O5/c1-7-9(13(17)18)10-11(20-7)14-6-15(12(10)16)5-8-3-2-4-19-8/h6,8H,2-5H2,1H3,(H,17,18). The molecule has 1 saturated heterocycles. The smallest absolute Gasteiger partial charge is 0.340 e. The van der Waals surface area contributed by atoms with Crippen molar-refractivity contribution < 1.29 is 19.1 Å². The molecule has 2 aromatic heterocycles. The third-order valence-electron chi connectivity index (χ3n) is 3.49. The maximum atomic E-state index is 12.4. The molecule has 7 nitrogen and oxygen atoms in total. The fraction of sp³-hybridized carbons (Fsp3) is 0.462. The topological polar surface area (TPSA) is 94.6 Å². The Labute approximate surface area is 113 Å². The van der Waals surface area contributed by atoms with Crippen molar-refractivity contribution in [1.82, 2.24) is 9.55 Å². The summed E-state index contributed by atoms with van der Waals surface area (Å²) in [7, 11) is 0. The zero-order valence-corrected chi connectivity index (χ0v) is 11.0. The van der Waals surface area contributed by atoms with Gasteiger partial charge in [0.25, 0.3) is 5.56 Å². The van der Waals surface area contributed by atoms with Gasteiger partial charge in [-0.15, -0.1) is 0 Å². The molecule has 1 N–H and O–H groups in total. The van der Waals surface area contributed by atoms with Crippen LogP contribution in [-0.2, 0) is 11.3 Å². The lowest BCUT2D eigenvalue weighted by Gasteiger charge is -2.10. The number of hydrogen-bond donors (Lipinski definition) is 1. The highest BCUT2D eigenvalue weighted by Gasteiger charge is 2.23. The van der Waals surface area contributed by atoms with Gasteiger partial charge in [0.05, 0.1) is 12.6 Å². The third-order valence-corrected chi connectivity index (χ3v) is 3.49. The van der Waals surface area contributed by atoms with Crippen molar-refractivity contribution in [2.24, 2.45) is 0 Å². The van der Waals surface area contributed by atoms with Crippen LogP contribution in [0.2, 0.25) is 0 Å². The zero-order valence-electron chi connectivity index (χ0n) is 11.0. The Morgan fingerprint density at radius 2 is 2.40 bits per heavy atom. The number of nitrogens with zero attached hydrogens (tertiary/aromatic N) is 2. The van der Waals surface area contributed by atoms with Gasteiger partial charge in [-0.3, -0.25) is 9.36 Å². The van der Waals surface area contributed by atoms with Crippen molar-refractivity contribution in [3.8, 4) is 0 Å². The van der Waals surface area contributed by atoms with Crippen molar-refractivity contribution in [3.05, 3.63) is 28.0 Å². The number of carbonyl (C=O) groups is 1. The molecule has 20 heavy (non-hydrogen) atoms. The highest BCUT2D eigenvalue weighted by molar-refractivity contribution is 6.02. The molecule has 0 bridgehead atoms. The predicted octanol–water partition coefficient (Wildman–Crippen LogP) is 1.18. The Balaban J connectivity index is 2.11. The van der Waals surface area contributed by atoms with E-state index in [0.29, 0.717) is 13.2 Å². The number of fused-ring (bicyclic) bond motifs is 1. The van der Waals surface area contributed by atoms with E-state index in [-0.39, 0.29) is 28.5 Å². The zero-order chi connectivity index (χ0) is 14.3. The molecule has 106 valence electrons. The average Bonchev–Trinajstić information content (AvgIpc) is 2.99. The van der Waals surface area contributed by atoms with Crippen molar-refractivity contribution >= 4 is 17.1 Å². The first-order valence-electron chi connectivity index (χ1n) is 6.41. The van der Waals surface area contributed by atoms with Crippen LogP contribution < -0.4 is 5.56 Å². The molecule has 7 heteroatoms. The largest absolute Gasteiger partial charge is 0.478 e. The van der Waals surface area contributed by atoms with Gasteiger partial charge in [0, 0.05) is 6.61 Å². The van der Waals surface area contributed by atoms with Gasteiger partial charge in [0.2, 0.25) is 5.71 Å². The molecule has 1 aliphatic rings. The van der Waals surface area contributed by atoms with E-state index in [9.17, 15) is 14.7 Å². The van der Waals surface area contributed by atoms with Crippen molar-refractivity contribution in [1.29, 1.82) is 0 Å². The molecule has 1 aliphatic heterocycles. The monoisotopic (exact) mass is 278 g/mol. The Morgan fingerprint density at radius 3 is 3.05 bits per heavy atom. The summed E-state index contributed by atoms with van der Waals surface area (Å²) in [6, 6.07) is 0. The summed E-state index contributed by atoms with van der Waals surface area (Å²) in [4.78, 5) is 27.7. The minimum Gasteiger partial charge on any atom is -0.478 e. The SMILES string of the molecule is Cc1oc2ncn(CC3CCCO3)c(=O)c2c1C(=O)O. The van der Waals surface area contributed by atoms with Gasteiger partial charge in [0.1, 0.15) is 23.0 Å². The van der Waals surface area contributed by atoms with Crippen LogP contribution in [0.15, 0.2) is 15.5 Å². The number of furan rings is 1. The number of rotatable bonds is 3. The quantitative estimate of drug-likeness (QED) is 0.905. The first-order chi connectivity index (χ1) is 9.58. The lowest BCUT2D eigenvalue weighted by molar-refractivity contribution is 0.0697. The summed E-state index contributed by atoms with van der Waals surface area (Å²) in [5.41, 5.74) is -0.451. The summed E-state index contributed by atoms with van der Waals surface area (Å²) >= 11 is 0. The molecule has 0 radical (unpaired) electrons. The number of aromatic carboxylic acids is 1. The maximum absolute atomic E-state index is 12.4. The van der Waals surface area contributed by atoms with Gasteiger partial charge in [-0.05, 0) is 19.8 Å². The number of carboxylic acids is 1. The molecule has 3 rings (SSSR count). The van der Waals surface area contributed by atoms with Crippen LogP contribution in [-0.4, -0.2) is 33.3 Å². The van der Waals surface area contributed by atoms with E-state index in [1.807, 2.05) is 0 Å². The van der Waals surface area contributed by atoms with Crippen LogP contribution in [0.4, 0.5) is 0 Å². The predicted molar refractivity (Wildman–Crippen MR) is 68.9 cm³/mol. The van der Waals surface area contributed by atoms with Gasteiger partial charge >= 0.3 is 5.97 Å². The summed E-state index contributed by atoms with van der Waals surface area (Å²) < 4.78 is 12.1. The van der Waals surface area contributed by atoms with Crippen molar-refractivity contribution in [2.75, 3.05) is 6.61 Å². The minimum absolute atomic E-state index is 0.0202. The Kier molecular flexibility index (Phi) is 3.06. The summed E-state index contributed by atoms with van der Waals surface area (Å²) in [6.45, 7) is 2.58. The van der Waals surface area contributed by atoms with E-state index in [4.69, 9.17) is 9.15 Å². The van der Waals surface area contributed by atoms with Gasteiger partial charge in [-0.1, -0.05) is 0 Å². The van der Waals surface area contributed by atoms with E-state index in [1.54, 1.807) is 0 Å². The van der Waals surface area contributed by atoms with E-state index < -0.39 is 11.5 Å². The molecule has 2 aromatic rings. The Bertz CT molecular complexity index is 724. The molecule has 0 spiro atoms. The van der Waals surface area contributed by atoms with Gasteiger partial charge in [-0.25, -0.2) is 9.78 Å². The lowest BCUT2D eigenvalue weighted by Crippen LogP contribution is -2.27. The summed E-state index contributed by atoms with van der Waals surface area (Å²) in [6.07, 6.45) is 3.22. The average molecular weight is 278 g/mol. The summed E-state index contributed by atoms with van der Waals surface area (Å²) in [5, 5.41) is 9.22. The minimum atomic E-state index is -1.19. The van der Waals surface area contributed by atoms with Crippen LogP contribution >= 0.6 is 0 Å². The van der Waals surface area contributed by atoms with Crippen LogP contribution in [0, 0.1) is 6.92 Å². The molecular weight excluding hydrogens is 264 g/mol. The fourth-order valence-electron chi connectivity index (χ4n) is 2.53. The van der Waals surface area contributed by atoms with E-state index in [1.165, 1.54) is 17.8 Å². The number of aryl methyl sites for hydroxylation is 1. The summed E-state index contributed by atoms with van der Waals surface area (Å²) in [5.74, 6) is -0.998. The molecule has 0 saturated carbocycles. The highest BCUT2D eigenvalue weighted by atomic mass is 16.5. The van der Waals surface area contributed by atoms with Gasteiger partial charge < -0.3 is 14.3 Å². The number of carboxylic acid groups (broad SMARTS) is 1. The third kappa shape index (κ3) is 2.00. The lowest BCUT2D eigenvalue weighted by atomic mass is 10.2. The molecular formula is C13H14N2O5. The van der Waals surface area contributed by atoms with Crippen molar-refractivity contribution in [2.45, 2.75) is 32.4 Å². The fourth-order valence-corrected chi connectivity index (χ4v) is 2.53. The maximum Gasteiger partial charge on any atom is 0.340 e. The highest BCUT2D eigenvalue weighted by Crippen LogP contribution is 2.21. The Hall–Kier alpha value is -2.15. The molecule has 0 amide bonds. The number of hydrogen-bond acceptors (Lipinski definition) is 5. The normalized spacial score (nSPS) is 18.8. The van der Waals surface area contributed by atoms with Crippen LogP contribution in [0.25, 0.3) is 11.1 Å². The second-order valence-electron chi connectivity index (χ2n) is 4.86. The van der Waals surface area contributed by atoms with Gasteiger partial charge in [0.15, 0.2) is 0 Å². The second kappa shape index (κ2) is 4.75. The van der Waals surface area contributed by atoms with Crippen molar-refractivity contribution in [3.63, 3.8) is 0 Å². The van der Waals surface area contributed by atoms with Crippen LogP contribution in [0.3, 0.4) is 0 Å². The second-order valence-corrected chi connectivity index (χ2v) is 4.86. The van der Waals surface area contributed by atoms with Gasteiger partial charge in [-0.2, -0.15) is 0 Å². The first-order valence-corrected chi connectivity index (χ1v) is 6.41. The molecule has 0 aromatic carbocycles. The van der Waals surface area contributed by atoms with Crippen LogP contribution in [0.5, 0.6) is 0 Å². The molecule has 0 aliphatic carbocycles. The Morgan fingerprint density at radius 1 is 1.60 bits per heavy atom. The first kappa shape index (κ1) is 12.9. The van der Waals surface area contributed by atoms with Crippen LogP contribution in [0.1, 0.15) is 29.0 Å². The van der Waals surface area contributed by atoms with E-state index in [2.05, 4.69) is 4.98 Å². The van der Waals surface area contributed by atoms with E-state index >= 15 is 0 Å². The number of ether oxygens (including phenoxy) is 1. The molecule has 3 heterocycles. The molecule has 1 unspecified atom stereocenters. The molecule has 1 fully saturated rings. The molecule has 1 atom stereocenters. The number of aromatic nitrogens is 2.